The summed E-state index contributed by atoms with van der Waals surface area (Å²) in [6.45, 7) is 0. The standard InChI is InChI=1S/C28H25FN4O4S/c1-36-20-13-9-17(10-14-20)22-15-23(18-7-11-19(29)12-8-18)33(32-22)28-31-27(35)25(38-28)16-26(34)30-21-5-3-4-6-24(21)37-2/h3-14,23,25H,15-16H2,1-2H3,(H,30,34)/t23-,25-/m0/s1. The molecular formula is C28H25FN4O4S. The average molecular weight is 533 g/mol. The number of methoxy groups -OCH3 is 2. The Morgan fingerprint density at radius 2 is 1.79 bits per heavy atom. The first kappa shape index (κ1) is 25.5. The van der Waals surface area contributed by atoms with Crippen LogP contribution in [0.15, 0.2) is 82.9 Å². The molecule has 2 amide bonds. The van der Waals surface area contributed by atoms with Crippen LogP contribution in [0.5, 0.6) is 11.5 Å². The Labute approximate surface area is 223 Å². The summed E-state index contributed by atoms with van der Waals surface area (Å²) in [5, 5.41) is 9.03. The van der Waals surface area contributed by atoms with Gasteiger partial charge in [-0.05, 0) is 59.7 Å². The number of amides is 2. The summed E-state index contributed by atoms with van der Waals surface area (Å²) < 4.78 is 24.2. The second-order valence-electron chi connectivity index (χ2n) is 8.68. The van der Waals surface area contributed by atoms with Gasteiger partial charge in [-0.1, -0.05) is 36.0 Å². The van der Waals surface area contributed by atoms with E-state index in [1.165, 1.54) is 31.0 Å². The van der Waals surface area contributed by atoms with E-state index in [4.69, 9.17) is 14.6 Å². The normalized spacial score (nSPS) is 18.7. The number of hydrazone groups is 1. The summed E-state index contributed by atoms with van der Waals surface area (Å²) in [5.74, 6) is 0.206. The van der Waals surface area contributed by atoms with Crippen molar-refractivity contribution < 1.29 is 23.5 Å². The number of ether oxygens (including phenoxy) is 2. The Balaban J connectivity index is 1.35. The second kappa shape index (κ2) is 11.1. The van der Waals surface area contributed by atoms with Crippen LogP contribution >= 0.6 is 11.8 Å². The zero-order valence-corrected chi connectivity index (χ0v) is 21.6. The molecule has 0 unspecified atom stereocenters. The van der Waals surface area contributed by atoms with Crippen LogP contribution in [0.25, 0.3) is 0 Å². The first-order valence-corrected chi connectivity index (χ1v) is 12.8. The molecule has 2 aliphatic rings. The van der Waals surface area contributed by atoms with Crippen LogP contribution in [-0.4, -0.2) is 47.2 Å². The maximum absolute atomic E-state index is 13.6. The van der Waals surface area contributed by atoms with Gasteiger partial charge in [0, 0.05) is 12.8 Å². The van der Waals surface area contributed by atoms with Crippen molar-refractivity contribution in [3.63, 3.8) is 0 Å². The third-order valence-corrected chi connectivity index (χ3v) is 7.41. The number of amidine groups is 1. The molecule has 3 aromatic carbocycles. The molecule has 0 saturated heterocycles. The summed E-state index contributed by atoms with van der Waals surface area (Å²) in [5.41, 5.74) is 3.08. The minimum Gasteiger partial charge on any atom is -0.497 e. The van der Waals surface area contributed by atoms with Gasteiger partial charge in [-0.3, -0.25) is 9.59 Å². The van der Waals surface area contributed by atoms with E-state index in [0.29, 0.717) is 23.0 Å². The highest BCUT2D eigenvalue weighted by Gasteiger charge is 2.39. The fourth-order valence-electron chi connectivity index (χ4n) is 4.31. The van der Waals surface area contributed by atoms with Gasteiger partial charge in [0.05, 0.1) is 31.7 Å². The Kier molecular flexibility index (Phi) is 7.41. The number of aliphatic imine (C=N–C) groups is 1. The molecule has 0 spiro atoms. The number of carbonyl (C=O) groups is 2. The van der Waals surface area contributed by atoms with Crippen molar-refractivity contribution in [3.8, 4) is 11.5 Å². The summed E-state index contributed by atoms with van der Waals surface area (Å²) in [7, 11) is 3.13. The zero-order valence-electron chi connectivity index (χ0n) is 20.8. The molecule has 5 rings (SSSR count). The molecular weight excluding hydrogens is 507 g/mol. The molecule has 194 valence electrons. The lowest BCUT2D eigenvalue weighted by atomic mass is 9.98. The number of nitrogens with one attached hydrogen (secondary N) is 1. The molecule has 0 fully saturated rings. The summed E-state index contributed by atoms with van der Waals surface area (Å²) in [6, 6.07) is 20.6. The Morgan fingerprint density at radius 3 is 2.50 bits per heavy atom. The number of hydrogen-bond donors (Lipinski definition) is 1. The maximum Gasteiger partial charge on any atom is 0.262 e. The highest BCUT2D eigenvalue weighted by atomic mass is 32.2. The fourth-order valence-corrected chi connectivity index (χ4v) is 5.37. The highest BCUT2D eigenvalue weighted by Crippen LogP contribution is 2.39. The van der Waals surface area contributed by atoms with Gasteiger partial charge in [-0.2, -0.15) is 10.1 Å². The number of hydrogen-bond acceptors (Lipinski definition) is 7. The first-order valence-electron chi connectivity index (χ1n) is 11.9. The van der Waals surface area contributed by atoms with Gasteiger partial charge < -0.3 is 14.8 Å². The van der Waals surface area contributed by atoms with Crippen molar-refractivity contribution >= 4 is 40.1 Å². The third-order valence-electron chi connectivity index (χ3n) is 6.27. The van der Waals surface area contributed by atoms with Crippen molar-refractivity contribution in [3.05, 3.63) is 89.7 Å². The molecule has 2 heterocycles. The van der Waals surface area contributed by atoms with Gasteiger partial charge in [-0.25, -0.2) is 9.40 Å². The summed E-state index contributed by atoms with van der Waals surface area (Å²) >= 11 is 1.20. The molecule has 2 atom stereocenters. The van der Waals surface area contributed by atoms with Crippen LogP contribution in [-0.2, 0) is 9.59 Å². The number of rotatable bonds is 7. The number of nitrogens with zero attached hydrogens (tertiary/aromatic N) is 3. The van der Waals surface area contributed by atoms with Gasteiger partial charge in [0.25, 0.3) is 5.91 Å². The van der Waals surface area contributed by atoms with E-state index in [9.17, 15) is 14.0 Å². The van der Waals surface area contributed by atoms with Gasteiger partial charge in [0.2, 0.25) is 5.91 Å². The average Bonchev–Trinajstić information content (AvgIpc) is 3.53. The zero-order chi connectivity index (χ0) is 26.6. The topological polar surface area (TPSA) is 92.6 Å². The van der Waals surface area contributed by atoms with Crippen LogP contribution in [0.1, 0.15) is 30.0 Å². The lowest BCUT2D eigenvalue weighted by Gasteiger charge is -2.23. The van der Waals surface area contributed by atoms with Crippen LogP contribution in [0.2, 0.25) is 0 Å². The molecule has 8 nitrogen and oxygen atoms in total. The summed E-state index contributed by atoms with van der Waals surface area (Å²) in [6.07, 6.45) is 0.476. The highest BCUT2D eigenvalue weighted by molar-refractivity contribution is 8.15. The van der Waals surface area contributed by atoms with E-state index in [-0.39, 0.29) is 24.2 Å². The van der Waals surface area contributed by atoms with Crippen molar-refractivity contribution in [2.45, 2.75) is 24.1 Å². The molecule has 10 heteroatoms. The minimum atomic E-state index is -0.686. The van der Waals surface area contributed by atoms with Gasteiger partial charge >= 0.3 is 0 Å². The molecule has 0 saturated carbocycles. The van der Waals surface area contributed by atoms with Crippen molar-refractivity contribution in [2.75, 3.05) is 19.5 Å². The molecule has 0 radical (unpaired) electrons. The van der Waals surface area contributed by atoms with E-state index in [1.807, 2.05) is 24.3 Å². The third kappa shape index (κ3) is 5.40. The Hall–Kier alpha value is -4.18. The number of halogens is 1. The molecule has 1 N–H and O–H groups in total. The molecule has 2 aliphatic heterocycles. The summed E-state index contributed by atoms with van der Waals surface area (Å²) in [4.78, 5) is 29.8. The first-order chi connectivity index (χ1) is 18.4. The second-order valence-corrected chi connectivity index (χ2v) is 9.85. The monoisotopic (exact) mass is 532 g/mol. The minimum absolute atomic E-state index is 0.0569. The number of carbonyl (C=O) groups excluding carboxylic acids is 2. The van der Waals surface area contributed by atoms with E-state index >= 15 is 0 Å². The maximum atomic E-state index is 13.6. The quantitative estimate of drug-likeness (QED) is 0.459. The van der Waals surface area contributed by atoms with Gasteiger partial charge in [0.1, 0.15) is 22.6 Å². The molecule has 0 bridgehead atoms. The van der Waals surface area contributed by atoms with Crippen LogP contribution < -0.4 is 14.8 Å². The molecule has 38 heavy (non-hydrogen) atoms. The Morgan fingerprint density at radius 1 is 1.05 bits per heavy atom. The number of para-hydroxylation sites is 2. The largest absolute Gasteiger partial charge is 0.497 e. The van der Waals surface area contributed by atoms with Crippen LogP contribution in [0.3, 0.4) is 0 Å². The fraction of sp³-hybridized carbons (Fsp3) is 0.214. The predicted octanol–water partition coefficient (Wildman–Crippen LogP) is 5.02. The van der Waals surface area contributed by atoms with Crippen molar-refractivity contribution in [1.82, 2.24) is 5.01 Å². The van der Waals surface area contributed by atoms with Gasteiger partial charge in [0.15, 0.2) is 5.17 Å². The predicted molar refractivity (Wildman–Crippen MR) is 145 cm³/mol. The Bertz CT molecular complexity index is 1410. The van der Waals surface area contributed by atoms with E-state index in [0.717, 1.165) is 22.6 Å². The van der Waals surface area contributed by atoms with Crippen molar-refractivity contribution in [1.29, 1.82) is 0 Å². The lowest BCUT2D eigenvalue weighted by molar-refractivity contribution is -0.121. The number of benzene rings is 3. The van der Waals surface area contributed by atoms with E-state index in [2.05, 4.69) is 10.3 Å². The molecule has 3 aromatic rings. The van der Waals surface area contributed by atoms with Crippen LogP contribution in [0.4, 0.5) is 10.1 Å². The molecule has 0 aliphatic carbocycles. The molecule has 0 aromatic heterocycles. The number of thioether (sulfide) groups is 1. The van der Waals surface area contributed by atoms with Crippen LogP contribution in [0, 0.1) is 5.82 Å². The van der Waals surface area contributed by atoms with E-state index in [1.54, 1.807) is 48.5 Å². The van der Waals surface area contributed by atoms with E-state index < -0.39 is 11.2 Å². The number of anilines is 1. The van der Waals surface area contributed by atoms with Crippen molar-refractivity contribution in [2.24, 2.45) is 10.1 Å². The lowest BCUT2D eigenvalue weighted by Crippen LogP contribution is -2.25. The van der Waals surface area contributed by atoms with Gasteiger partial charge in [-0.15, -0.1) is 0 Å². The smallest absolute Gasteiger partial charge is 0.262 e. The SMILES string of the molecule is COc1ccc(C2=NN(C3=NC(=O)[C@H](CC(=O)Nc4ccccc4OC)S3)[C@H](c3ccc(F)cc3)C2)cc1.